The van der Waals surface area contributed by atoms with Crippen LogP contribution < -0.4 is 0 Å². The van der Waals surface area contributed by atoms with Gasteiger partial charge in [0.05, 0.1) is 6.61 Å². The summed E-state index contributed by atoms with van der Waals surface area (Å²) in [6, 6.07) is 0. The smallest absolute Gasteiger partial charge is 0.305 e. The first-order chi connectivity index (χ1) is 13.4. The molecule has 1 aliphatic heterocycles. The van der Waals surface area contributed by atoms with E-state index in [-0.39, 0.29) is 11.6 Å². The van der Waals surface area contributed by atoms with Gasteiger partial charge in [-0.2, -0.15) is 0 Å². The zero-order valence-electron chi connectivity index (χ0n) is 18.9. The molecule has 0 radical (unpaired) electrons. The second-order valence-electron chi connectivity index (χ2n) is 7.51. The van der Waals surface area contributed by atoms with Crippen molar-refractivity contribution in [1.82, 2.24) is 0 Å². The molecule has 0 aliphatic carbocycles. The van der Waals surface area contributed by atoms with Crippen LogP contribution in [-0.2, 0) is 37.8 Å². The zero-order chi connectivity index (χ0) is 22.4. The topological polar surface area (TPSA) is 97.4 Å². The number of hydrogen-bond acceptors (Lipinski definition) is 8. The van der Waals surface area contributed by atoms with E-state index >= 15 is 0 Å². The quantitative estimate of drug-likeness (QED) is 0.385. The van der Waals surface area contributed by atoms with Gasteiger partial charge in [-0.25, -0.2) is 0 Å². The highest BCUT2D eigenvalue weighted by atomic mass is 28.4. The van der Waals surface area contributed by atoms with Crippen LogP contribution in [-0.4, -0.2) is 57.4 Å². The number of hydrogen-bond donors (Lipinski definition) is 0. The van der Waals surface area contributed by atoms with Crippen molar-refractivity contribution in [2.75, 3.05) is 6.61 Å². The number of carbonyl (C=O) groups excluding carboxylic acids is 3. The van der Waals surface area contributed by atoms with E-state index in [1.54, 1.807) is 0 Å². The van der Waals surface area contributed by atoms with Crippen LogP contribution in [0.4, 0.5) is 0 Å². The molecule has 0 bridgehead atoms. The average molecular weight is 394 g/mol. The Morgan fingerprint density at radius 3 is 1.96 bits per heavy atom. The molecule has 0 aromatic heterocycles. The van der Waals surface area contributed by atoms with Gasteiger partial charge >= 0.3 is 17.9 Å². The molecule has 0 saturated carbocycles. The number of rotatable bonds is 6. The Balaban J connectivity index is 3.10. The summed E-state index contributed by atoms with van der Waals surface area (Å²) in [5.74, 6) is -2.72. The van der Waals surface area contributed by atoms with Crippen molar-refractivity contribution >= 4 is 26.2 Å². The van der Waals surface area contributed by atoms with Gasteiger partial charge in [0.25, 0.3) is 0 Å². The standard InChI is InChI=1S/C17H30O8Si/c1-10(18)22-14-13(9-21-26(7,8)17(4,5)6)25-16(24-12(3)20)15(14)23-11(2)19/h13-16H,9H2,1-8H3/t13-,14-,15-,16?/m1/s1/i1D,2D,3D. The van der Waals surface area contributed by atoms with E-state index in [1.165, 1.54) is 0 Å². The summed E-state index contributed by atoms with van der Waals surface area (Å²) in [6.07, 6.45) is -4.85. The Hall–Kier alpha value is -1.45. The summed E-state index contributed by atoms with van der Waals surface area (Å²) in [6.45, 7) is 8.11. The van der Waals surface area contributed by atoms with E-state index in [2.05, 4.69) is 0 Å². The van der Waals surface area contributed by atoms with Crippen LogP contribution in [0.5, 0.6) is 0 Å². The molecule has 1 unspecified atom stereocenters. The first kappa shape index (κ1) is 17.9. The molecule has 0 aromatic rings. The molecule has 0 aromatic carbocycles. The zero-order valence-corrected chi connectivity index (χ0v) is 16.9. The van der Waals surface area contributed by atoms with E-state index in [9.17, 15) is 14.4 Å². The highest BCUT2D eigenvalue weighted by Gasteiger charge is 2.52. The van der Waals surface area contributed by atoms with Gasteiger partial charge in [0, 0.05) is 24.8 Å². The molecule has 8 nitrogen and oxygen atoms in total. The fourth-order valence-corrected chi connectivity index (χ4v) is 3.14. The van der Waals surface area contributed by atoms with Gasteiger partial charge in [0.2, 0.25) is 12.4 Å². The highest BCUT2D eigenvalue weighted by Crippen LogP contribution is 2.37. The van der Waals surface area contributed by atoms with Crippen molar-refractivity contribution in [1.29, 1.82) is 0 Å². The minimum atomic E-state index is -2.21. The van der Waals surface area contributed by atoms with Gasteiger partial charge in [-0.1, -0.05) is 20.8 Å². The maximum atomic E-state index is 11.7. The van der Waals surface area contributed by atoms with E-state index in [0.29, 0.717) is 0 Å². The summed E-state index contributed by atoms with van der Waals surface area (Å²) >= 11 is 0. The van der Waals surface area contributed by atoms with Crippen molar-refractivity contribution < 1.29 is 41.9 Å². The summed E-state index contributed by atoms with van der Waals surface area (Å²) < 4.78 is 48.5. The largest absolute Gasteiger partial charge is 0.455 e. The van der Waals surface area contributed by atoms with Crippen molar-refractivity contribution in [3.05, 3.63) is 0 Å². The molecule has 1 heterocycles. The molecule has 0 spiro atoms. The second kappa shape index (κ2) is 8.49. The van der Waals surface area contributed by atoms with E-state index in [1.807, 2.05) is 33.9 Å². The third kappa shape index (κ3) is 6.06. The molecular formula is C17H30O8Si. The molecule has 150 valence electrons. The summed E-state index contributed by atoms with van der Waals surface area (Å²) in [7, 11) is -2.21. The van der Waals surface area contributed by atoms with E-state index < -0.39 is 71.5 Å². The van der Waals surface area contributed by atoms with E-state index in [4.69, 9.17) is 27.5 Å². The highest BCUT2D eigenvalue weighted by molar-refractivity contribution is 6.74. The predicted octanol–water partition coefficient (Wildman–Crippen LogP) is 2.16. The van der Waals surface area contributed by atoms with Crippen LogP contribution in [0.2, 0.25) is 18.1 Å². The third-order valence-electron chi connectivity index (χ3n) is 4.46. The van der Waals surface area contributed by atoms with Crippen LogP contribution >= 0.6 is 0 Å². The molecule has 1 aliphatic rings. The van der Waals surface area contributed by atoms with Crippen molar-refractivity contribution in [3.63, 3.8) is 0 Å². The lowest BCUT2D eigenvalue weighted by atomic mass is 10.1. The van der Waals surface area contributed by atoms with Crippen LogP contribution in [0.25, 0.3) is 0 Å². The first-order valence-corrected chi connectivity index (χ1v) is 11.0. The fraction of sp³-hybridized carbons (Fsp3) is 0.824. The van der Waals surface area contributed by atoms with Gasteiger partial charge in [-0.15, -0.1) is 0 Å². The average Bonchev–Trinajstić information content (AvgIpc) is 2.95. The first-order valence-electron chi connectivity index (χ1n) is 10.2. The van der Waals surface area contributed by atoms with Crippen molar-refractivity contribution in [3.8, 4) is 0 Å². The Kier molecular flexibility index (Phi) is 5.86. The molecule has 26 heavy (non-hydrogen) atoms. The second-order valence-corrected chi connectivity index (χ2v) is 12.3. The number of carbonyl (C=O) groups is 3. The minimum absolute atomic E-state index is 0.0176. The Bertz CT molecular complexity index is 596. The summed E-state index contributed by atoms with van der Waals surface area (Å²) in [5.41, 5.74) is 0. The molecule has 9 heteroatoms. The van der Waals surface area contributed by atoms with Gasteiger partial charge in [-0.05, 0) is 18.1 Å². The van der Waals surface area contributed by atoms with E-state index in [0.717, 1.165) is 0 Å². The molecule has 0 N–H and O–H groups in total. The van der Waals surface area contributed by atoms with Crippen LogP contribution in [0.15, 0.2) is 0 Å². The normalized spacial score (nSPS) is 27.8. The lowest BCUT2D eigenvalue weighted by molar-refractivity contribution is -0.196. The Morgan fingerprint density at radius 2 is 1.46 bits per heavy atom. The Labute approximate surface area is 159 Å². The third-order valence-corrected chi connectivity index (χ3v) is 8.97. The monoisotopic (exact) mass is 393 g/mol. The Morgan fingerprint density at radius 1 is 0.962 bits per heavy atom. The fourth-order valence-electron chi connectivity index (χ4n) is 2.13. The van der Waals surface area contributed by atoms with Gasteiger partial charge in [0.15, 0.2) is 14.4 Å². The maximum absolute atomic E-state index is 11.7. The number of ether oxygens (including phenoxy) is 4. The van der Waals surface area contributed by atoms with Crippen LogP contribution in [0.3, 0.4) is 0 Å². The summed E-state index contributed by atoms with van der Waals surface area (Å²) in [5, 5.41) is -0.104. The summed E-state index contributed by atoms with van der Waals surface area (Å²) in [4.78, 5) is 35.0. The maximum Gasteiger partial charge on any atom is 0.305 e. The van der Waals surface area contributed by atoms with Gasteiger partial charge < -0.3 is 23.4 Å². The molecule has 1 fully saturated rings. The lowest BCUT2D eigenvalue weighted by Gasteiger charge is -2.37. The molecule has 1 saturated heterocycles. The predicted molar refractivity (Wildman–Crippen MR) is 94.7 cm³/mol. The van der Waals surface area contributed by atoms with Crippen molar-refractivity contribution in [2.45, 2.75) is 84.2 Å². The number of esters is 3. The molecule has 1 rings (SSSR count). The minimum Gasteiger partial charge on any atom is -0.455 e. The van der Waals surface area contributed by atoms with Crippen LogP contribution in [0.1, 0.15) is 45.6 Å². The molecule has 4 atom stereocenters. The lowest BCUT2D eigenvalue weighted by Crippen LogP contribution is -2.46. The molecule has 0 amide bonds. The van der Waals surface area contributed by atoms with Gasteiger partial charge in [0.1, 0.15) is 6.10 Å². The van der Waals surface area contributed by atoms with Gasteiger partial charge in [-0.3, -0.25) is 14.4 Å². The van der Waals surface area contributed by atoms with Crippen molar-refractivity contribution in [2.24, 2.45) is 0 Å². The van der Waals surface area contributed by atoms with Crippen LogP contribution in [0, 0.1) is 0 Å². The SMILES string of the molecule is [2H]CC(=O)OC1O[C@H](CO[Si](C)(C)C(C)(C)C)[C@@H](OC(=O)C[2H])[C@H]1OC(=O)C[2H]. The molecular weight excluding hydrogens is 360 g/mol.